The van der Waals surface area contributed by atoms with Gasteiger partial charge in [0, 0.05) is 18.8 Å². The summed E-state index contributed by atoms with van der Waals surface area (Å²) in [7, 11) is 0. The lowest BCUT2D eigenvalue weighted by atomic mass is 10.2. The van der Waals surface area contributed by atoms with Crippen LogP contribution in [0.2, 0.25) is 10.2 Å². The lowest BCUT2D eigenvalue weighted by Gasteiger charge is -2.12. The Hall–Kier alpha value is -1.30. The second-order valence-corrected chi connectivity index (χ2v) is 6.11. The lowest BCUT2D eigenvalue weighted by molar-refractivity contribution is 0.571. The van der Waals surface area contributed by atoms with Gasteiger partial charge >= 0.3 is 0 Å². The summed E-state index contributed by atoms with van der Waals surface area (Å²) < 4.78 is 1.71. The molecule has 0 radical (unpaired) electrons. The molecule has 22 heavy (non-hydrogen) atoms. The van der Waals surface area contributed by atoms with Crippen molar-refractivity contribution in [3.63, 3.8) is 0 Å². The number of hydrogen-bond donors (Lipinski definition) is 2. The first-order valence-electron chi connectivity index (χ1n) is 6.98. The molecule has 1 aromatic carbocycles. The van der Waals surface area contributed by atoms with Crippen molar-refractivity contribution in [2.75, 3.05) is 11.9 Å². The van der Waals surface area contributed by atoms with Crippen molar-refractivity contribution >= 4 is 46.2 Å². The van der Waals surface area contributed by atoms with Crippen molar-refractivity contribution in [3.05, 3.63) is 45.7 Å². The zero-order valence-electron chi connectivity index (χ0n) is 12.5. The Balaban J connectivity index is 1.76. The molecule has 0 saturated heterocycles. The average Bonchev–Trinajstić information content (AvgIpc) is 2.73. The minimum atomic E-state index is 0.486. The van der Waals surface area contributed by atoms with Gasteiger partial charge in [-0.2, -0.15) is 5.10 Å². The van der Waals surface area contributed by atoms with E-state index >= 15 is 0 Å². The van der Waals surface area contributed by atoms with Gasteiger partial charge in [0.15, 0.2) is 5.11 Å². The van der Waals surface area contributed by atoms with E-state index in [0.29, 0.717) is 21.8 Å². The van der Waals surface area contributed by atoms with Crippen molar-refractivity contribution in [2.24, 2.45) is 0 Å². The van der Waals surface area contributed by atoms with Crippen LogP contribution in [0.15, 0.2) is 24.3 Å². The van der Waals surface area contributed by atoms with Crippen LogP contribution in [0.25, 0.3) is 0 Å². The second-order valence-electron chi connectivity index (χ2n) is 4.96. The highest BCUT2D eigenvalue weighted by Gasteiger charge is 2.10. The largest absolute Gasteiger partial charge is 0.362 e. The van der Waals surface area contributed by atoms with Gasteiger partial charge in [0.2, 0.25) is 0 Å². The van der Waals surface area contributed by atoms with E-state index in [9.17, 15) is 0 Å². The summed E-state index contributed by atoms with van der Waals surface area (Å²) >= 11 is 17.4. The van der Waals surface area contributed by atoms with Gasteiger partial charge in [0.05, 0.1) is 5.69 Å². The van der Waals surface area contributed by atoms with E-state index in [0.717, 1.165) is 29.9 Å². The SMILES string of the molecule is Cc1ccccc1NC(=S)NCCCn1nc(C)c(Cl)c1Cl. The predicted octanol–water partition coefficient (Wildman–Crippen LogP) is 4.18. The number of hydrogen-bond acceptors (Lipinski definition) is 2. The topological polar surface area (TPSA) is 41.9 Å². The number of aryl methyl sites for hydroxylation is 3. The van der Waals surface area contributed by atoms with E-state index in [1.807, 2.05) is 38.1 Å². The van der Waals surface area contributed by atoms with Gasteiger partial charge in [-0.25, -0.2) is 0 Å². The minimum absolute atomic E-state index is 0.486. The standard InChI is InChI=1S/C15H18Cl2N4S/c1-10-6-3-4-7-12(10)19-15(22)18-8-5-9-21-14(17)13(16)11(2)20-21/h3-4,6-7H,5,8-9H2,1-2H3,(H2,18,19,22). The number of para-hydroxylation sites is 1. The molecule has 1 aromatic heterocycles. The third-order valence-electron chi connectivity index (χ3n) is 3.22. The summed E-state index contributed by atoms with van der Waals surface area (Å²) in [5.74, 6) is 0. The highest BCUT2D eigenvalue weighted by Crippen LogP contribution is 2.24. The van der Waals surface area contributed by atoms with E-state index < -0.39 is 0 Å². The Morgan fingerprint density at radius 3 is 2.64 bits per heavy atom. The summed E-state index contributed by atoms with van der Waals surface area (Å²) in [5.41, 5.74) is 2.91. The Kier molecular flexibility index (Phi) is 6.06. The zero-order chi connectivity index (χ0) is 16.1. The Labute approximate surface area is 145 Å². The highest BCUT2D eigenvalue weighted by atomic mass is 35.5. The quantitative estimate of drug-likeness (QED) is 0.622. The highest BCUT2D eigenvalue weighted by molar-refractivity contribution is 7.80. The van der Waals surface area contributed by atoms with Crippen LogP contribution in [0.3, 0.4) is 0 Å². The van der Waals surface area contributed by atoms with Gasteiger partial charge in [-0.05, 0) is 44.1 Å². The monoisotopic (exact) mass is 356 g/mol. The fourth-order valence-electron chi connectivity index (χ4n) is 1.99. The number of aromatic nitrogens is 2. The summed E-state index contributed by atoms with van der Waals surface area (Å²) in [4.78, 5) is 0. The van der Waals surface area contributed by atoms with Gasteiger partial charge in [0.25, 0.3) is 0 Å². The molecule has 0 spiro atoms. The smallest absolute Gasteiger partial charge is 0.170 e. The predicted molar refractivity (Wildman–Crippen MR) is 97.0 cm³/mol. The third kappa shape index (κ3) is 4.35. The normalized spacial score (nSPS) is 10.5. The first kappa shape index (κ1) is 17.1. The van der Waals surface area contributed by atoms with Gasteiger partial charge in [-0.1, -0.05) is 41.4 Å². The van der Waals surface area contributed by atoms with Crippen molar-refractivity contribution in [3.8, 4) is 0 Å². The van der Waals surface area contributed by atoms with Crippen LogP contribution >= 0.6 is 35.4 Å². The van der Waals surface area contributed by atoms with Crippen LogP contribution in [0.1, 0.15) is 17.7 Å². The molecule has 118 valence electrons. The minimum Gasteiger partial charge on any atom is -0.362 e. The molecular formula is C15H18Cl2N4S. The molecule has 0 amide bonds. The molecule has 2 aromatic rings. The summed E-state index contributed by atoms with van der Waals surface area (Å²) in [6.45, 7) is 5.29. The molecular weight excluding hydrogens is 339 g/mol. The summed E-state index contributed by atoms with van der Waals surface area (Å²) in [6, 6.07) is 8.01. The fourth-order valence-corrected chi connectivity index (χ4v) is 2.60. The third-order valence-corrected chi connectivity index (χ3v) is 4.40. The molecule has 0 aliphatic rings. The molecule has 0 fully saturated rings. The molecule has 2 N–H and O–H groups in total. The molecule has 1 heterocycles. The molecule has 0 aliphatic heterocycles. The first-order chi connectivity index (χ1) is 10.5. The summed E-state index contributed by atoms with van der Waals surface area (Å²) in [5, 5.41) is 12.3. The molecule has 0 unspecified atom stereocenters. The number of thiocarbonyl (C=S) groups is 1. The van der Waals surface area contributed by atoms with Crippen LogP contribution in [0.4, 0.5) is 5.69 Å². The van der Waals surface area contributed by atoms with Crippen molar-refractivity contribution < 1.29 is 0 Å². The number of halogens is 2. The Morgan fingerprint density at radius 1 is 1.27 bits per heavy atom. The number of anilines is 1. The van der Waals surface area contributed by atoms with Crippen LogP contribution in [-0.2, 0) is 6.54 Å². The Morgan fingerprint density at radius 2 is 2.00 bits per heavy atom. The van der Waals surface area contributed by atoms with Crippen LogP contribution < -0.4 is 10.6 Å². The van der Waals surface area contributed by atoms with E-state index in [2.05, 4.69) is 15.7 Å². The number of nitrogens with zero attached hydrogens (tertiary/aromatic N) is 2. The zero-order valence-corrected chi connectivity index (χ0v) is 14.8. The Bertz CT molecular complexity index is 670. The van der Waals surface area contributed by atoms with Gasteiger partial charge in [-0.3, -0.25) is 4.68 Å². The van der Waals surface area contributed by atoms with E-state index in [1.165, 1.54) is 0 Å². The van der Waals surface area contributed by atoms with Gasteiger partial charge in [-0.15, -0.1) is 0 Å². The molecule has 2 rings (SSSR count). The van der Waals surface area contributed by atoms with Crippen LogP contribution in [0.5, 0.6) is 0 Å². The van der Waals surface area contributed by atoms with E-state index in [4.69, 9.17) is 35.4 Å². The van der Waals surface area contributed by atoms with Crippen molar-refractivity contribution in [1.29, 1.82) is 0 Å². The van der Waals surface area contributed by atoms with E-state index in [-0.39, 0.29) is 0 Å². The van der Waals surface area contributed by atoms with E-state index in [1.54, 1.807) is 4.68 Å². The maximum Gasteiger partial charge on any atom is 0.170 e. The molecule has 4 nitrogen and oxygen atoms in total. The number of nitrogens with one attached hydrogen (secondary N) is 2. The van der Waals surface area contributed by atoms with Crippen LogP contribution in [0, 0.1) is 13.8 Å². The number of rotatable bonds is 5. The maximum absolute atomic E-state index is 6.09. The second kappa shape index (κ2) is 7.81. The van der Waals surface area contributed by atoms with Gasteiger partial charge < -0.3 is 10.6 Å². The average molecular weight is 357 g/mol. The molecule has 7 heteroatoms. The van der Waals surface area contributed by atoms with Gasteiger partial charge in [0.1, 0.15) is 10.2 Å². The molecule has 0 aliphatic carbocycles. The lowest BCUT2D eigenvalue weighted by Crippen LogP contribution is -2.30. The maximum atomic E-state index is 6.09. The van der Waals surface area contributed by atoms with Crippen molar-refractivity contribution in [1.82, 2.24) is 15.1 Å². The molecule has 0 atom stereocenters. The van der Waals surface area contributed by atoms with Crippen molar-refractivity contribution in [2.45, 2.75) is 26.8 Å². The molecule has 0 saturated carbocycles. The summed E-state index contributed by atoms with van der Waals surface area (Å²) in [6.07, 6.45) is 0.840. The fraction of sp³-hybridized carbons (Fsp3) is 0.333. The first-order valence-corrected chi connectivity index (χ1v) is 8.14. The molecule has 0 bridgehead atoms. The number of benzene rings is 1. The van der Waals surface area contributed by atoms with Crippen LogP contribution in [-0.4, -0.2) is 21.4 Å².